The van der Waals surface area contributed by atoms with Crippen molar-refractivity contribution in [3.63, 3.8) is 0 Å². The standard InChI is InChI=1S/C26H32N6O3/c1-27-25(33)32-16-8-19-17-21(5-6-23(19)32)35-22-7-11-28-24(18-22)29(2)26(34)31-14-9-20(10-15-31)30-12-3-4-13-30/h5-8,11,16-18,20H,3-4,9-10,12-15H2,1-2H3,(H,27,33). The Bertz CT molecular complexity index is 1210. The highest BCUT2D eigenvalue weighted by Gasteiger charge is 2.30. The number of carbonyl (C=O) groups is 2. The van der Waals surface area contributed by atoms with Crippen LogP contribution < -0.4 is 15.0 Å². The highest BCUT2D eigenvalue weighted by atomic mass is 16.5. The number of hydrogen-bond donors (Lipinski definition) is 1. The third kappa shape index (κ3) is 4.81. The number of aromatic nitrogens is 2. The van der Waals surface area contributed by atoms with Crippen LogP contribution in [-0.2, 0) is 0 Å². The molecule has 2 saturated heterocycles. The summed E-state index contributed by atoms with van der Waals surface area (Å²) in [6.45, 7) is 3.94. The molecule has 0 aliphatic carbocycles. The normalized spacial score (nSPS) is 17.0. The summed E-state index contributed by atoms with van der Waals surface area (Å²) in [5, 5.41) is 3.52. The number of rotatable bonds is 4. The molecule has 2 aliphatic heterocycles. The van der Waals surface area contributed by atoms with Crippen molar-refractivity contribution in [1.82, 2.24) is 24.7 Å². The first kappa shape index (κ1) is 23.2. The van der Waals surface area contributed by atoms with E-state index in [1.165, 1.54) is 25.9 Å². The predicted molar refractivity (Wildman–Crippen MR) is 135 cm³/mol. The van der Waals surface area contributed by atoms with Gasteiger partial charge in [-0.2, -0.15) is 0 Å². The second kappa shape index (κ2) is 9.95. The molecule has 2 fully saturated rings. The summed E-state index contributed by atoms with van der Waals surface area (Å²) >= 11 is 0. The summed E-state index contributed by atoms with van der Waals surface area (Å²) in [5.74, 6) is 1.77. The zero-order valence-corrected chi connectivity index (χ0v) is 20.3. The van der Waals surface area contributed by atoms with Gasteiger partial charge in [0, 0.05) is 57.1 Å². The number of carbonyl (C=O) groups excluding carboxylic acids is 2. The van der Waals surface area contributed by atoms with Gasteiger partial charge in [-0.05, 0) is 69.1 Å². The van der Waals surface area contributed by atoms with Gasteiger partial charge in [-0.3, -0.25) is 9.47 Å². The maximum absolute atomic E-state index is 13.1. The zero-order chi connectivity index (χ0) is 24.4. The van der Waals surface area contributed by atoms with E-state index in [-0.39, 0.29) is 12.1 Å². The van der Waals surface area contributed by atoms with Crippen LogP contribution in [0, 0.1) is 0 Å². The van der Waals surface area contributed by atoms with Gasteiger partial charge in [0.1, 0.15) is 17.3 Å². The zero-order valence-electron chi connectivity index (χ0n) is 20.3. The first-order valence-corrected chi connectivity index (χ1v) is 12.3. The molecule has 0 atom stereocenters. The fourth-order valence-corrected chi connectivity index (χ4v) is 5.10. The lowest BCUT2D eigenvalue weighted by molar-refractivity contribution is 0.137. The Kier molecular flexibility index (Phi) is 6.59. The first-order chi connectivity index (χ1) is 17.0. The molecule has 3 amide bonds. The number of nitrogens with one attached hydrogen (secondary N) is 1. The van der Waals surface area contributed by atoms with E-state index in [4.69, 9.17) is 4.74 Å². The predicted octanol–water partition coefficient (Wildman–Crippen LogP) is 4.13. The van der Waals surface area contributed by atoms with E-state index in [1.807, 2.05) is 29.2 Å². The molecule has 2 aromatic heterocycles. The molecule has 5 rings (SSSR count). The average molecular weight is 477 g/mol. The van der Waals surface area contributed by atoms with Crippen LogP contribution in [0.1, 0.15) is 25.7 Å². The number of amides is 3. The molecule has 9 nitrogen and oxygen atoms in total. The first-order valence-electron chi connectivity index (χ1n) is 12.3. The minimum absolute atomic E-state index is 0.0357. The number of hydrogen-bond acceptors (Lipinski definition) is 5. The minimum Gasteiger partial charge on any atom is -0.457 e. The van der Waals surface area contributed by atoms with Crippen molar-refractivity contribution in [3.8, 4) is 11.5 Å². The molecule has 0 radical (unpaired) electrons. The summed E-state index contributed by atoms with van der Waals surface area (Å²) in [5.41, 5.74) is 0.797. The van der Waals surface area contributed by atoms with Gasteiger partial charge in [-0.15, -0.1) is 0 Å². The Balaban J connectivity index is 1.24. The van der Waals surface area contributed by atoms with Crippen molar-refractivity contribution in [3.05, 3.63) is 48.8 Å². The van der Waals surface area contributed by atoms with Crippen molar-refractivity contribution in [1.29, 1.82) is 0 Å². The summed E-state index contributed by atoms with van der Waals surface area (Å²) < 4.78 is 7.62. The van der Waals surface area contributed by atoms with Gasteiger partial charge in [0.05, 0.1) is 5.52 Å². The lowest BCUT2D eigenvalue weighted by Crippen LogP contribution is -2.49. The molecule has 9 heteroatoms. The molecule has 35 heavy (non-hydrogen) atoms. The van der Waals surface area contributed by atoms with Crippen LogP contribution in [0.25, 0.3) is 10.9 Å². The molecule has 3 aromatic rings. The van der Waals surface area contributed by atoms with Gasteiger partial charge in [0.2, 0.25) is 0 Å². The van der Waals surface area contributed by atoms with E-state index in [0.717, 1.165) is 36.8 Å². The number of ether oxygens (including phenoxy) is 1. The Hall–Kier alpha value is -3.59. The maximum Gasteiger partial charge on any atom is 0.325 e. The summed E-state index contributed by atoms with van der Waals surface area (Å²) in [4.78, 5) is 35.6. The number of piperidine rings is 1. The van der Waals surface area contributed by atoms with Gasteiger partial charge in [0.25, 0.3) is 0 Å². The van der Waals surface area contributed by atoms with Gasteiger partial charge in [-0.25, -0.2) is 14.6 Å². The van der Waals surface area contributed by atoms with Crippen molar-refractivity contribution in [2.45, 2.75) is 31.7 Å². The van der Waals surface area contributed by atoms with E-state index in [1.54, 1.807) is 48.1 Å². The van der Waals surface area contributed by atoms with E-state index >= 15 is 0 Å². The van der Waals surface area contributed by atoms with E-state index in [2.05, 4.69) is 15.2 Å². The topological polar surface area (TPSA) is 82.9 Å². The molecular weight excluding hydrogens is 444 g/mol. The quantitative estimate of drug-likeness (QED) is 0.612. The van der Waals surface area contributed by atoms with Crippen LogP contribution in [0.5, 0.6) is 11.5 Å². The van der Waals surface area contributed by atoms with Gasteiger partial charge >= 0.3 is 12.1 Å². The second-order valence-electron chi connectivity index (χ2n) is 9.22. The minimum atomic E-state index is -0.194. The monoisotopic (exact) mass is 476 g/mol. The average Bonchev–Trinajstić information content (AvgIpc) is 3.58. The molecule has 0 unspecified atom stereocenters. The van der Waals surface area contributed by atoms with E-state index in [0.29, 0.717) is 23.4 Å². The van der Waals surface area contributed by atoms with Crippen LogP contribution >= 0.6 is 0 Å². The number of urea groups is 1. The smallest absolute Gasteiger partial charge is 0.325 e. The number of pyridine rings is 1. The number of benzene rings is 1. The Morgan fingerprint density at radius 2 is 1.77 bits per heavy atom. The van der Waals surface area contributed by atoms with Crippen LogP contribution in [-0.4, -0.2) is 77.7 Å². The molecule has 184 valence electrons. The summed E-state index contributed by atoms with van der Waals surface area (Å²) in [7, 11) is 3.36. The fourth-order valence-electron chi connectivity index (χ4n) is 5.10. The van der Waals surface area contributed by atoms with Crippen molar-refractivity contribution in [2.24, 2.45) is 0 Å². The summed E-state index contributed by atoms with van der Waals surface area (Å²) in [6.07, 6.45) is 8.02. The van der Waals surface area contributed by atoms with Crippen LogP contribution in [0.15, 0.2) is 48.8 Å². The third-order valence-electron chi connectivity index (χ3n) is 7.07. The highest BCUT2D eigenvalue weighted by molar-refractivity contribution is 5.92. The lowest BCUT2D eigenvalue weighted by atomic mass is 10.0. The van der Waals surface area contributed by atoms with Crippen LogP contribution in [0.2, 0.25) is 0 Å². The SMILES string of the molecule is CNC(=O)n1ccc2cc(Oc3ccnc(N(C)C(=O)N4CCC(N5CCCC5)CC4)c3)ccc21. The molecular formula is C26H32N6O3. The van der Waals surface area contributed by atoms with Crippen molar-refractivity contribution < 1.29 is 14.3 Å². The molecule has 0 bridgehead atoms. The fraction of sp³-hybridized carbons (Fsp3) is 0.423. The van der Waals surface area contributed by atoms with E-state index in [9.17, 15) is 9.59 Å². The molecule has 0 saturated carbocycles. The number of anilines is 1. The van der Waals surface area contributed by atoms with Gasteiger partial charge in [0.15, 0.2) is 0 Å². The molecule has 0 spiro atoms. The molecule has 1 N–H and O–H groups in total. The van der Waals surface area contributed by atoms with E-state index < -0.39 is 0 Å². The van der Waals surface area contributed by atoms with Crippen molar-refractivity contribution in [2.75, 3.05) is 45.2 Å². The second-order valence-corrected chi connectivity index (χ2v) is 9.22. The maximum atomic E-state index is 13.1. The Morgan fingerprint density at radius 1 is 1.03 bits per heavy atom. The Labute approximate surface area is 205 Å². The third-order valence-corrected chi connectivity index (χ3v) is 7.07. The molecule has 2 aliphatic rings. The van der Waals surface area contributed by atoms with Crippen LogP contribution in [0.4, 0.5) is 15.4 Å². The number of fused-ring (bicyclic) bond motifs is 1. The van der Waals surface area contributed by atoms with Gasteiger partial charge in [-0.1, -0.05) is 0 Å². The van der Waals surface area contributed by atoms with Gasteiger partial charge < -0.3 is 19.9 Å². The number of likely N-dealkylation sites (tertiary alicyclic amines) is 2. The lowest BCUT2D eigenvalue weighted by Gasteiger charge is -2.37. The van der Waals surface area contributed by atoms with Crippen molar-refractivity contribution >= 4 is 28.8 Å². The summed E-state index contributed by atoms with van der Waals surface area (Å²) in [6, 6.07) is 11.3. The van der Waals surface area contributed by atoms with Crippen LogP contribution in [0.3, 0.4) is 0 Å². The largest absolute Gasteiger partial charge is 0.457 e. The highest BCUT2D eigenvalue weighted by Crippen LogP contribution is 2.28. The molecule has 1 aromatic carbocycles. The number of nitrogens with zero attached hydrogens (tertiary/aromatic N) is 5. The molecule has 4 heterocycles. The Morgan fingerprint density at radius 3 is 2.51 bits per heavy atom.